The van der Waals surface area contributed by atoms with E-state index in [0.29, 0.717) is 46.6 Å². The number of cyclic esters (lactones) is 1. The van der Waals surface area contributed by atoms with E-state index in [-0.39, 0.29) is 55.3 Å². The summed E-state index contributed by atoms with van der Waals surface area (Å²) in [6.07, 6.45) is 0.0282. The summed E-state index contributed by atoms with van der Waals surface area (Å²) in [5, 5.41) is 17.9. The summed E-state index contributed by atoms with van der Waals surface area (Å²) in [7, 11) is 0. The Labute approximate surface area is 216 Å². The Morgan fingerprint density at radius 2 is 2.13 bits per heavy atom. The van der Waals surface area contributed by atoms with Crippen LogP contribution >= 0.6 is 0 Å². The van der Waals surface area contributed by atoms with Crippen LogP contribution in [0.5, 0.6) is 0 Å². The first kappa shape index (κ1) is 24.7. The van der Waals surface area contributed by atoms with E-state index >= 15 is 0 Å². The van der Waals surface area contributed by atoms with Crippen molar-refractivity contribution in [1.82, 2.24) is 20.2 Å². The van der Waals surface area contributed by atoms with Gasteiger partial charge in [0.25, 0.3) is 5.56 Å². The maximum Gasteiger partial charge on any atom is 0.343 e. The fourth-order valence-corrected chi connectivity index (χ4v) is 5.53. The minimum Gasteiger partial charge on any atom is -0.458 e. The number of aliphatic hydroxyl groups is 1. The Morgan fingerprint density at radius 1 is 1.32 bits per heavy atom. The molecule has 0 spiro atoms. The number of carbonyl (C=O) groups is 2. The number of esters is 1. The van der Waals surface area contributed by atoms with Crippen molar-refractivity contribution in [3.8, 4) is 11.4 Å². The molecule has 2 atom stereocenters. The molecule has 5 heterocycles. The molecule has 0 unspecified atom stereocenters. The van der Waals surface area contributed by atoms with Crippen molar-refractivity contribution < 1.29 is 28.6 Å². The maximum atomic E-state index is 14.6. The van der Waals surface area contributed by atoms with Gasteiger partial charge >= 0.3 is 5.97 Å². The van der Waals surface area contributed by atoms with Crippen LogP contribution in [-0.2, 0) is 44.4 Å². The Hall–Kier alpha value is -3.67. The topological polar surface area (TPSA) is 132 Å². The first-order chi connectivity index (χ1) is 18.2. The molecule has 1 fully saturated rings. The van der Waals surface area contributed by atoms with Gasteiger partial charge < -0.3 is 29.8 Å². The van der Waals surface area contributed by atoms with Gasteiger partial charge in [-0.15, -0.1) is 0 Å². The minimum atomic E-state index is -1.95. The van der Waals surface area contributed by atoms with Gasteiger partial charge in [0.2, 0.25) is 5.91 Å². The SMILES string of the molecule is CC[C@@]1(O)C(=O)OCc2c1cc1n(c2=O)Cc2c-1nc1cc(F)c(C)cc1c2CNC(=O)[C@H]1COCCN1. The van der Waals surface area contributed by atoms with Crippen LogP contribution in [0.2, 0.25) is 0 Å². The third-order valence-electron chi connectivity index (χ3n) is 7.76. The second-order valence-electron chi connectivity index (χ2n) is 9.94. The lowest BCUT2D eigenvalue weighted by Gasteiger charge is -2.31. The highest BCUT2D eigenvalue weighted by Gasteiger charge is 2.45. The molecule has 0 saturated carbocycles. The molecule has 0 radical (unpaired) electrons. The molecule has 3 aromatic rings. The maximum absolute atomic E-state index is 14.6. The normalized spacial score (nSPS) is 22.0. The van der Waals surface area contributed by atoms with Crippen molar-refractivity contribution in [2.75, 3.05) is 19.8 Å². The predicted octanol–water partition coefficient (Wildman–Crippen LogP) is 1.13. The van der Waals surface area contributed by atoms with E-state index in [1.165, 1.54) is 10.6 Å². The molecule has 38 heavy (non-hydrogen) atoms. The number of pyridine rings is 2. The van der Waals surface area contributed by atoms with Gasteiger partial charge in [0, 0.05) is 35.7 Å². The zero-order chi connectivity index (χ0) is 26.8. The number of rotatable bonds is 4. The van der Waals surface area contributed by atoms with Gasteiger partial charge in [0.05, 0.1) is 42.2 Å². The Morgan fingerprint density at radius 3 is 2.87 bits per heavy atom. The van der Waals surface area contributed by atoms with Gasteiger partial charge in [-0.05, 0) is 36.6 Å². The summed E-state index contributed by atoms with van der Waals surface area (Å²) in [6, 6.07) is 4.16. The molecule has 1 aromatic carbocycles. The van der Waals surface area contributed by atoms with Gasteiger partial charge in [-0.3, -0.25) is 9.59 Å². The smallest absolute Gasteiger partial charge is 0.343 e. The van der Waals surface area contributed by atoms with E-state index in [1.54, 1.807) is 26.0 Å². The fraction of sp³-hybridized carbons (Fsp3) is 0.407. The van der Waals surface area contributed by atoms with Crippen LogP contribution in [0.4, 0.5) is 4.39 Å². The number of aromatic nitrogens is 2. The van der Waals surface area contributed by atoms with Crippen LogP contribution in [-0.4, -0.2) is 52.3 Å². The van der Waals surface area contributed by atoms with Gasteiger partial charge in [0.1, 0.15) is 18.5 Å². The second kappa shape index (κ2) is 8.97. The lowest BCUT2D eigenvalue weighted by molar-refractivity contribution is -0.172. The van der Waals surface area contributed by atoms with Crippen LogP contribution in [0, 0.1) is 12.7 Å². The number of benzene rings is 1. The van der Waals surface area contributed by atoms with Gasteiger partial charge in [-0.1, -0.05) is 6.92 Å². The highest BCUT2D eigenvalue weighted by atomic mass is 19.1. The van der Waals surface area contributed by atoms with E-state index < -0.39 is 23.4 Å². The Bertz CT molecular complexity index is 1580. The van der Waals surface area contributed by atoms with Crippen molar-refractivity contribution in [3.63, 3.8) is 0 Å². The van der Waals surface area contributed by atoms with Gasteiger partial charge in [0.15, 0.2) is 5.60 Å². The van der Waals surface area contributed by atoms with Crippen LogP contribution < -0.4 is 16.2 Å². The number of aryl methyl sites for hydroxylation is 1. The van der Waals surface area contributed by atoms with Crippen molar-refractivity contribution in [1.29, 1.82) is 0 Å². The predicted molar refractivity (Wildman–Crippen MR) is 134 cm³/mol. The molecule has 1 amide bonds. The highest BCUT2D eigenvalue weighted by molar-refractivity contribution is 5.90. The summed E-state index contributed by atoms with van der Waals surface area (Å²) in [6.45, 7) is 4.74. The van der Waals surface area contributed by atoms with Crippen LogP contribution in [0.25, 0.3) is 22.3 Å². The number of morpholine rings is 1. The molecule has 2 aromatic heterocycles. The second-order valence-corrected chi connectivity index (χ2v) is 9.94. The molecule has 0 aliphatic carbocycles. The number of ether oxygens (including phenoxy) is 2. The summed E-state index contributed by atoms with van der Waals surface area (Å²) >= 11 is 0. The van der Waals surface area contributed by atoms with E-state index in [0.717, 1.165) is 5.56 Å². The number of amides is 1. The number of nitrogens with one attached hydrogen (secondary N) is 2. The van der Waals surface area contributed by atoms with Crippen LogP contribution in [0.1, 0.15) is 41.2 Å². The molecule has 1 saturated heterocycles. The van der Waals surface area contributed by atoms with Crippen molar-refractivity contribution in [2.45, 2.75) is 51.6 Å². The first-order valence-corrected chi connectivity index (χ1v) is 12.6. The molecule has 198 valence electrons. The highest BCUT2D eigenvalue weighted by Crippen LogP contribution is 2.40. The molecule has 3 aliphatic rings. The Balaban J connectivity index is 1.50. The van der Waals surface area contributed by atoms with Crippen molar-refractivity contribution >= 4 is 22.8 Å². The summed E-state index contributed by atoms with van der Waals surface area (Å²) in [4.78, 5) is 43.6. The number of hydrogen-bond acceptors (Lipinski definition) is 8. The third kappa shape index (κ3) is 3.64. The lowest BCUT2D eigenvalue weighted by Crippen LogP contribution is -2.51. The molecule has 3 N–H and O–H groups in total. The zero-order valence-corrected chi connectivity index (χ0v) is 21.0. The van der Waals surface area contributed by atoms with E-state index in [4.69, 9.17) is 14.5 Å². The van der Waals surface area contributed by atoms with Crippen LogP contribution in [0.3, 0.4) is 0 Å². The molecule has 6 rings (SSSR count). The van der Waals surface area contributed by atoms with Gasteiger partial charge in [-0.25, -0.2) is 14.2 Å². The van der Waals surface area contributed by atoms with E-state index in [9.17, 15) is 23.9 Å². The van der Waals surface area contributed by atoms with Crippen molar-refractivity contribution in [2.24, 2.45) is 0 Å². The number of carbonyl (C=O) groups excluding carboxylic acids is 2. The van der Waals surface area contributed by atoms with Crippen LogP contribution in [0.15, 0.2) is 23.0 Å². The molecular formula is C27H27FN4O6. The van der Waals surface area contributed by atoms with E-state index in [2.05, 4.69) is 10.6 Å². The number of nitrogens with zero attached hydrogens (tertiary/aromatic N) is 2. The fourth-order valence-electron chi connectivity index (χ4n) is 5.53. The summed E-state index contributed by atoms with van der Waals surface area (Å²) in [5.41, 5.74) is 1.19. The molecule has 10 nitrogen and oxygen atoms in total. The average molecular weight is 523 g/mol. The largest absolute Gasteiger partial charge is 0.458 e. The minimum absolute atomic E-state index is 0.0282. The molecule has 0 bridgehead atoms. The third-order valence-corrected chi connectivity index (χ3v) is 7.76. The van der Waals surface area contributed by atoms with Gasteiger partial charge in [-0.2, -0.15) is 0 Å². The quantitative estimate of drug-likeness (QED) is 0.340. The lowest BCUT2D eigenvalue weighted by atomic mass is 9.86. The molecule has 3 aliphatic heterocycles. The standard InChI is InChI=1S/C27H27FN4O6/c1-3-27(36)18-7-22-23-16(10-32(22)25(34)17(18)11-38-26(27)35)15(9-30-24(33)21-12-37-5-4-29-21)14-6-13(2)19(28)8-20(14)31-23/h6-8,21,29,36H,3-5,9-12H2,1-2H3,(H,30,33)/t21-,27+/m1/s1. The molecule has 11 heteroatoms. The zero-order valence-electron chi connectivity index (χ0n) is 21.0. The average Bonchev–Trinajstić information content (AvgIpc) is 3.29. The van der Waals surface area contributed by atoms with E-state index in [1.807, 2.05) is 0 Å². The number of hydrogen-bond donors (Lipinski definition) is 3. The summed E-state index contributed by atoms with van der Waals surface area (Å²) < 4.78 is 26.7. The number of halogens is 1. The summed E-state index contributed by atoms with van der Waals surface area (Å²) in [5.74, 6) is -1.45. The first-order valence-electron chi connectivity index (χ1n) is 12.6. The molecular weight excluding hydrogens is 495 g/mol. The Kier molecular flexibility index (Phi) is 5.82. The monoisotopic (exact) mass is 522 g/mol. The van der Waals surface area contributed by atoms with Crippen molar-refractivity contribution in [3.05, 3.63) is 62.2 Å². The number of fused-ring (bicyclic) bond motifs is 5.